The Kier molecular flexibility index (Phi) is 7.68. The Morgan fingerprint density at radius 3 is 1.52 bits per heavy atom. The first-order chi connectivity index (χ1) is 16.2. The van der Waals surface area contributed by atoms with E-state index in [2.05, 4.69) is 53.4 Å². The summed E-state index contributed by atoms with van der Waals surface area (Å²) in [5.41, 5.74) is 5.70. The van der Waals surface area contributed by atoms with Gasteiger partial charge in [-0.3, -0.25) is 9.69 Å². The lowest BCUT2D eigenvalue weighted by atomic mass is 9.94. The fraction of sp³-hybridized carbons (Fsp3) is 0.167. The Balaban J connectivity index is 1.62. The second kappa shape index (κ2) is 11.3. The zero-order chi connectivity index (χ0) is 22.9. The van der Waals surface area contributed by atoms with Crippen LogP contribution >= 0.6 is 0 Å². The number of nitrogens with zero attached hydrogens (tertiary/aromatic N) is 1. The average molecular weight is 436 g/mol. The highest BCUT2D eigenvalue weighted by molar-refractivity contribution is 5.74. The molecule has 1 N–H and O–H groups in total. The van der Waals surface area contributed by atoms with Crippen molar-refractivity contribution in [1.82, 2.24) is 4.90 Å². The van der Waals surface area contributed by atoms with E-state index in [1.165, 1.54) is 11.1 Å². The summed E-state index contributed by atoms with van der Waals surface area (Å²) < 4.78 is 0. The molecule has 0 aliphatic carbocycles. The van der Waals surface area contributed by atoms with Crippen molar-refractivity contribution < 1.29 is 9.90 Å². The molecule has 4 aromatic carbocycles. The maximum atomic E-state index is 12.6. The molecule has 166 valence electrons. The van der Waals surface area contributed by atoms with E-state index in [1.807, 2.05) is 66.7 Å². The van der Waals surface area contributed by atoms with Gasteiger partial charge < -0.3 is 5.11 Å². The van der Waals surface area contributed by atoms with Crippen molar-refractivity contribution in [3.63, 3.8) is 0 Å². The summed E-state index contributed by atoms with van der Waals surface area (Å²) in [6.45, 7) is 1.15. The highest BCUT2D eigenvalue weighted by Crippen LogP contribution is 2.21. The molecule has 0 aliphatic heterocycles. The average Bonchev–Trinajstić information content (AvgIpc) is 2.85. The molecule has 0 spiro atoms. The molecule has 0 saturated carbocycles. The quantitative estimate of drug-likeness (QED) is 0.333. The van der Waals surface area contributed by atoms with Crippen molar-refractivity contribution in [3.8, 4) is 0 Å². The number of carbonyl (C=O) groups is 1. The van der Waals surface area contributed by atoms with Crippen LogP contribution in [-0.4, -0.2) is 22.0 Å². The first kappa shape index (κ1) is 22.5. The fourth-order valence-corrected chi connectivity index (χ4v) is 4.24. The Bertz CT molecular complexity index is 1100. The van der Waals surface area contributed by atoms with E-state index >= 15 is 0 Å². The summed E-state index contributed by atoms with van der Waals surface area (Å²) in [5.74, 6) is -0.795. The van der Waals surface area contributed by atoms with Crippen LogP contribution in [0.15, 0.2) is 115 Å². The van der Waals surface area contributed by atoms with Gasteiger partial charge in [-0.1, -0.05) is 115 Å². The van der Waals surface area contributed by atoms with Crippen molar-refractivity contribution in [2.45, 2.75) is 32.0 Å². The van der Waals surface area contributed by atoms with E-state index in [0.717, 1.165) is 23.1 Å². The van der Waals surface area contributed by atoms with Gasteiger partial charge in [-0.2, -0.15) is 0 Å². The summed E-state index contributed by atoms with van der Waals surface area (Å²) in [6.07, 6.45) is 1.25. The van der Waals surface area contributed by atoms with E-state index in [9.17, 15) is 9.90 Å². The van der Waals surface area contributed by atoms with Crippen LogP contribution in [0.4, 0.5) is 0 Å². The van der Waals surface area contributed by atoms with Crippen molar-refractivity contribution in [1.29, 1.82) is 0 Å². The number of aliphatic carboxylic acids is 1. The first-order valence-corrected chi connectivity index (χ1v) is 11.3. The largest absolute Gasteiger partial charge is 0.480 e. The molecule has 1 atom stereocenters. The summed E-state index contributed by atoms with van der Waals surface area (Å²) in [4.78, 5) is 14.6. The third kappa shape index (κ3) is 6.41. The Labute approximate surface area is 196 Å². The monoisotopic (exact) mass is 435 g/mol. The fourth-order valence-electron chi connectivity index (χ4n) is 4.24. The molecule has 0 amide bonds. The first-order valence-electron chi connectivity index (χ1n) is 11.3. The van der Waals surface area contributed by atoms with Crippen LogP contribution in [0.1, 0.15) is 27.8 Å². The van der Waals surface area contributed by atoms with Gasteiger partial charge in [-0.05, 0) is 40.7 Å². The van der Waals surface area contributed by atoms with E-state index in [0.29, 0.717) is 19.5 Å². The molecule has 4 rings (SSSR count). The van der Waals surface area contributed by atoms with Gasteiger partial charge in [-0.25, -0.2) is 0 Å². The maximum Gasteiger partial charge on any atom is 0.321 e. The zero-order valence-electron chi connectivity index (χ0n) is 18.7. The minimum atomic E-state index is -0.795. The molecular weight excluding hydrogens is 406 g/mol. The molecule has 0 saturated heterocycles. The van der Waals surface area contributed by atoms with Crippen LogP contribution in [0.3, 0.4) is 0 Å². The Hall–Kier alpha value is -3.69. The standard InChI is InChI=1S/C30H29NO2/c32-30(33)29(21-28-19-11-10-18-27(28)20-24-12-4-1-5-13-24)31(22-25-14-6-2-7-15-25)23-26-16-8-3-9-17-26/h1-19,29H,20-23H2,(H,32,33). The molecule has 3 nitrogen and oxygen atoms in total. The highest BCUT2D eigenvalue weighted by atomic mass is 16.4. The highest BCUT2D eigenvalue weighted by Gasteiger charge is 2.27. The van der Waals surface area contributed by atoms with Gasteiger partial charge in [0, 0.05) is 13.1 Å². The van der Waals surface area contributed by atoms with Crippen LogP contribution < -0.4 is 0 Å². The predicted octanol–water partition coefficient (Wildman–Crippen LogP) is 5.98. The maximum absolute atomic E-state index is 12.6. The molecule has 0 aliphatic rings. The summed E-state index contributed by atoms with van der Waals surface area (Å²) >= 11 is 0. The molecule has 0 fully saturated rings. The molecule has 4 aromatic rings. The molecule has 0 bridgehead atoms. The van der Waals surface area contributed by atoms with Gasteiger partial charge in [0.2, 0.25) is 0 Å². The molecular formula is C30H29NO2. The number of carboxylic acids is 1. The van der Waals surface area contributed by atoms with Crippen LogP contribution in [0.5, 0.6) is 0 Å². The number of rotatable bonds is 10. The lowest BCUT2D eigenvalue weighted by Crippen LogP contribution is -2.42. The normalized spacial score (nSPS) is 11.9. The lowest BCUT2D eigenvalue weighted by Gasteiger charge is -2.30. The van der Waals surface area contributed by atoms with Crippen LogP contribution in [0, 0.1) is 0 Å². The van der Waals surface area contributed by atoms with Gasteiger partial charge in [0.25, 0.3) is 0 Å². The van der Waals surface area contributed by atoms with Gasteiger partial charge in [-0.15, -0.1) is 0 Å². The number of benzene rings is 4. The zero-order valence-corrected chi connectivity index (χ0v) is 18.7. The third-order valence-electron chi connectivity index (χ3n) is 5.95. The molecule has 0 radical (unpaired) electrons. The topological polar surface area (TPSA) is 40.5 Å². The molecule has 1 unspecified atom stereocenters. The molecule has 33 heavy (non-hydrogen) atoms. The smallest absolute Gasteiger partial charge is 0.321 e. The van der Waals surface area contributed by atoms with Gasteiger partial charge >= 0.3 is 5.97 Å². The van der Waals surface area contributed by atoms with E-state index in [4.69, 9.17) is 0 Å². The third-order valence-corrected chi connectivity index (χ3v) is 5.95. The van der Waals surface area contributed by atoms with E-state index < -0.39 is 12.0 Å². The molecule has 3 heteroatoms. The second-order valence-electron chi connectivity index (χ2n) is 8.37. The van der Waals surface area contributed by atoms with E-state index in [-0.39, 0.29) is 0 Å². The number of hydrogen-bond donors (Lipinski definition) is 1. The summed E-state index contributed by atoms with van der Waals surface area (Å²) in [5, 5.41) is 10.3. The lowest BCUT2D eigenvalue weighted by molar-refractivity contribution is -0.143. The van der Waals surface area contributed by atoms with Gasteiger partial charge in [0.1, 0.15) is 6.04 Å². The summed E-state index contributed by atoms with van der Waals surface area (Å²) in [7, 11) is 0. The van der Waals surface area contributed by atoms with Gasteiger partial charge in [0.05, 0.1) is 0 Å². The second-order valence-corrected chi connectivity index (χ2v) is 8.37. The molecule has 0 aromatic heterocycles. The van der Waals surface area contributed by atoms with Crippen LogP contribution in [0.25, 0.3) is 0 Å². The van der Waals surface area contributed by atoms with Crippen LogP contribution in [0.2, 0.25) is 0 Å². The SMILES string of the molecule is O=C(O)C(Cc1ccccc1Cc1ccccc1)N(Cc1ccccc1)Cc1ccccc1. The van der Waals surface area contributed by atoms with Crippen LogP contribution in [-0.2, 0) is 30.7 Å². The minimum absolute atomic E-state index is 0.456. The molecule has 0 heterocycles. The Morgan fingerprint density at radius 1 is 0.606 bits per heavy atom. The number of carboxylic acid groups (broad SMARTS) is 1. The van der Waals surface area contributed by atoms with Crippen molar-refractivity contribution in [2.24, 2.45) is 0 Å². The Morgan fingerprint density at radius 2 is 1.03 bits per heavy atom. The van der Waals surface area contributed by atoms with Crippen molar-refractivity contribution >= 4 is 5.97 Å². The summed E-state index contributed by atoms with van der Waals surface area (Å²) in [6, 6.07) is 38.1. The van der Waals surface area contributed by atoms with Crippen molar-refractivity contribution in [3.05, 3.63) is 143 Å². The number of hydrogen-bond acceptors (Lipinski definition) is 2. The van der Waals surface area contributed by atoms with Gasteiger partial charge in [0.15, 0.2) is 0 Å². The predicted molar refractivity (Wildman–Crippen MR) is 133 cm³/mol. The van der Waals surface area contributed by atoms with E-state index in [1.54, 1.807) is 0 Å². The van der Waals surface area contributed by atoms with Crippen molar-refractivity contribution in [2.75, 3.05) is 0 Å². The minimum Gasteiger partial charge on any atom is -0.480 e.